The Kier molecular flexibility index (Phi) is 5.73. The van der Waals surface area contributed by atoms with E-state index in [-0.39, 0.29) is 29.2 Å². The third-order valence-corrected chi connectivity index (χ3v) is 5.36. The van der Waals surface area contributed by atoms with Gasteiger partial charge in [-0.3, -0.25) is 4.79 Å². The number of aromatic hydroxyl groups is 2. The second kappa shape index (κ2) is 8.33. The lowest BCUT2D eigenvalue weighted by molar-refractivity contribution is -0.277. The van der Waals surface area contributed by atoms with Gasteiger partial charge in [0.2, 0.25) is 6.29 Å². The molecule has 2 aromatic carbocycles. The summed E-state index contributed by atoms with van der Waals surface area (Å²) in [5.41, 5.74) is 0.356. The minimum absolute atomic E-state index is 0.00379. The second-order valence-corrected chi connectivity index (χ2v) is 7.42. The highest BCUT2D eigenvalue weighted by Crippen LogP contribution is 2.43. The van der Waals surface area contributed by atoms with E-state index in [1.165, 1.54) is 12.1 Å². The summed E-state index contributed by atoms with van der Waals surface area (Å²) in [6.07, 6.45) is -8.34. The highest BCUT2D eigenvalue weighted by Gasteiger charge is 2.45. The molecule has 10 nitrogen and oxygen atoms in total. The molecule has 10 heteroatoms. The van der Waals surface area contributed by atoms with E-state index >= 15 is 0 Å². The van der Waals surface area contributed by atoms with Gasteiger partial charge in [0.05, 0.1) is 13.0 Å². The fourth-order valence-corrected chi connectivity index (χ4v) is 3.71. The van der Waals surface area contributed by atoms with Crippen LogP contribution in [0.5, 0.6) is 23.0 Å². The smallest absolute Gasteiger partial charge is 0.229 e. The number of benzene rings is 2. The molecule has 0 amide bonds. The van der Waals surface area contributed by atoms with Crippen molar-refractivity contribution in [2.24, 2.45) is 0 Å². The van der Waals surface area contributed by atoms with Crippen molar-refractivity contribution in [3.05, 3.63) is 47.5 Å². The number of hydrogen-bond acceptors (Lipinski definition) is 10. The molecule has 0 aromatic heterocycles. The number of ether oxygens (including phenoxy) is 3. The maximum Gasteiger partial charge on any atom is 0.229 e. The number of carbonyl (C=O) groups excluding carboxylic acids is 1. The molecule has 31 heavy (non-hydrogen) atoms. The standard InChI is InChI=1S/C21H22O10/c22-8-16-18(26)19(27)20(28)21(31-16)29-9-5-12(24)17-13(25)7-14(30-15(17)6-9)10-3-1-2-4-11(10)23/h1-6,14,16,18-24,26-28H,7-8H2/t14-,16+,18+,19-,20+,21+/m0/s1. The van der Waals surface area contributed by atoms with Crippen molar-refractivity contribution < 1.29 is 49.6 Å². The number of fused-ring (bicyclic) bond motifs is 1. The zero-order valence-corrected chi connectivity index (χ0v) is 16.2. The van der Waals surface area contributed by atoms with Crippen LogP contribution in [0.25, 0.3) is 0 Å². The van der Waals surface area contributed by atoms with Gasteiger partial charge in [-0.05, 0) is 6.07 Å². The van der Waals surface area contributed by atoms with E-state index in [0.29, 0.717) is 5.56 Å². The van der Waals surface area contributed by atoms with Crippen LogP contribution in [0, 0.1) is 0 Å². The van der Waals surface area contributed by atoms with Gasteiger partial charge in [-0.25, -0.2) is 0 Å². The summed E-state index contributed by atoms with van der Waals surface area (Å²) in [5.74, 6) is -0.902. The minimum atomic E-state index is -1.65. The number of aliphatic hydroxyl groups excluding tert-OH is 4. The van der Waals surface area contributed by atoms with Gasteiger partial charge in [0.25, 0.3) is 0 Å². The third kappa shape index (κ3) is 3.91. The van der Waals surface area contributed by atoms with Crippen molar-refractivity contribution in [3.8, 4) is 23.0 Å². The van der Waals surface area contributed by atoms with Gasteiger partial charge >= 0.3 is 0 Å². The van der Waals surface area contributed by atoms with E-state index in [2.05, 4.69) is 0 Å². The number of hydrogen-bond donors (Lipinski definition) is 6. The van der Waals surface area contributed by atoms with Crippen LogP contribution in [0.3, 0.4) is 0 Å². The normalized spacial score (nSPS) is 30.4. The Morgan fingerprint density at radius 2 is 1.74 bits per heavy atom. The molecule has 166 valence electrons. The van der Waals surface area contributed by atoms with Gasteiger partial charge < -0.3 is 44.8 Å². The number of aliphatic hydroxyl groups is 4. The highest BCUT2D eigenvalue weighted by molar-refractivity contribution is 6.02. The molecule has 6 N–H and O–H groups in total. The van der Waals surface area contributed by atoms with Crippen LogP contribution in [0.4, 0.5) is 0 Å². The van der Waals surface area contributed by atoms with Gasteiger partial charge in [-0.15, -0.1) is 0 Å². The van der Waals surface area contributed by atoms with Crippen LogP contribution in [0.2, 0.25) is 0 Å². The van der Waals surface area contributed by atoms with Crippen LogP contribution in [0.15, 0.2) is 36.4 Å². The highest BCUT2D eigenvalue weighted by atomic mass is 16.7. The van der Waals surface area contributed by atoms with Gasteiger partial charge in [-0.2, -0.15) is 0 Å². The van der Waals surface area contributed by atoms with Crippen molar-refractivity contribution in [1.29, 1.82) is 0 Å². The lowest BCUT2D eigenvalue weighted by atomic mass is 9.95. The predicted octanol–water partition coefficient (Wildman–Crippen LogP) is -0.0170. The van der Waals surface area contributed by atoms with Gasteiger partial charge in [-0.1, -0.05) is 18.2 Å². The Labute approximate surface area is 176 Å². The summed E-state index contributed by atoms with van der Waals surface area (Å²) in [7, 11) is 0. The molecule has 2 aromatic rings. The van der Waals surface area contributed by atoms with E-state index in [1.807, 2.05) is 0 Å². The van der Waals surface area contributed by atoms with Crippen molar-refractivity contribution >= 4 is 5.78 Å². The molecular weight excluding hydrogens is 412 g/mol. The SMILES string of the molecule is O=C1C[C@@H](c2ccccc2O)Oc2cc(O[C@@H]3O[C@H](CO)[C@@H](O)[C@H](O)[C@H]3O)cc(O)c21. The van der Waals surface area contributed by atoms with Crippen LogP contribution >= 0.6 is 0 Å². The number of ketones is 1. The van der Waals surface area contributed by atoms with E-state index < -0.39 is 54.9 Å². The van der Waals surface area contributed by atoms with Gasteiger partial charge in [0.1, 0.15) is 59.1 Å². The number of Topliss-reactive ketones (excluding diaryl/α,β-unsaturated/α-hetero) is 1. The zero-order chi connectivity index (χ0) is 22.3. The van der Waals surface area contributed by atoms with Crippen molar-refractivity contribution in [3.63, 3.8) is 0 Å². The average Bonchev–Trinajstić information content (AvgIpc) is 2.74. The fourth-order valence-electron chi connectivity index (χ4n) is 3.71. The molecule has 6 atom stereocenters. The molecule has 0 aliphatic carbocycles. The Bertz CT molecular complexity index is 975. The van der Waals surface area contributed by atoms with Gasteiger partial charge in [0.15, 0.2) is 5.78 Å². The van der Waals surface area contributed by atoms with Crippen molar-refractivity contribution in [2.75, 3.05) is 6.61 Å². The van der Waals surface area contributed by atoms with Crippen LogP contribution in [-0.4, -0.2) is 73.7 Å². The lowest BCUT2D eigenvalue weighted by Crippen LogP contribution is -2.60. The molecule has 2 aliphatic rings. The first-order valence-electron chi connectivity index (χ1n) is 9.62. The summed E-state index contributed by atoms with van der Waals surface area (Å²) in [5, 5.41) is 59.6. The monoisotopic (exact) mass is 434 g/mol. The Balaban J connectivity index is 1.61. The minimum Gasteiger partial charge on any atom is -0.508 e. The molecule has 0 bridgehead atoms. The molecule has 0 spiro atoms. The third-order valence-electron chi connectivity index (χ3n) is 5.36. The predicted molar refractivity (Wildman–Crippen MR) is 103 cm³/mol. The lowest BCUT2D eigenvalue weighted by Gasteiger charge is -2.39. The van der Waals surface area contributed by atoms with E-state index in [1.54, 1.807) is 18.2 Å². The molecule has 1 fully saturated rings. The number of carbonyl (C=O) groups is 1. The molecule has 4 rings (SSSR count). The number of para-hydroxylation sites is 1. The summed E-state index contributed by atoms with van der Waals surface area (Å²) in [4.78, 5) is 12.6. The summed E-state index contributed by atoms with van der Waals surface area (Å²) < 4.78 is 16.6. The molecule has 0 radical (unpaired) electrons. The van der Waals surface area contributed by atoms with Crippen LogP contribution in [0.1, 0.15) is 28.4 Å². The number of rotatable bonds is 4. The van der Waals surface area contributed by atoms with Crippen LogP contribution in [-0.2, 0) is 4.74 Å². The zero-order valence-electron chi connectivity index (χ0n) is 16.2. The first kappa shape index (κ1) is 21.3. The molecule has 2 aliphatic heterocycles. The van der Waals surface area contributed by atoms with Crippen molar-refractivity contribution in [1.82, 2.24) is 0 Å². The summed E-state index contributed by atoms with van der Waals surface area (Å²) in [6, 6.07) is 8.84. The maximum absolute atomic E-state index is 12.6. The second-order valence-electron chi connectivity index (χ2n) is 7.42. The summed E-state index contributed by atoms with van der Waals surface area (Å²) >= 11 is 0. The number of phenolic OH excluding ortho intramolecular Hbond substituents is 2. The first-order chi connectivity index (χ1) is 14.8. The Morgan fingerprint density at radius 3 is 2.45 bits per heavy atom. The summed E-state index contributed by atoms with van der Waals surface area (Å²) in [6.45, 7) is -0.625. The Hall–Kier alpha value is -2.89. The van der Waals surface area contributed by atoms with Crippen LogP contribution < -0.4 is 9.47 Å². The molecule has 1 saturated heterocycles. The topological polar surface area (TPSA) is 166 Å². The van der Waals surface area contributed by atoms with E-state index in [4.69, 9.17) is 14.2 Å². The van der Waals surface area contributed by atoms with Crippen molar-refractivity contribution in [2.45, 2.75) is 43.2 Å². The molecule has 2 heterocycles. The maximum atomic E-state index is 12.6. The van der Waals surface area contributed by atoms with Gasteiger partial charge in [0, 0.05) is 17.7 Å². The first-order valence-corrected chi connectivity index (χ1v) is 9.62. The quantitative estimate of drug-likeness (QED) is 0.385. The van der Waals surface area contributed by atoms with E-state index in [0.717, 1.165) is 6.07 Å². The molecule has 0 saturated carbocycles. The van der Waals surface area contributed by atoms with E-state index in [9.17, 15) is 35.4 Å². The molecular formula is C21H22O10. The fraction of sp³-hybridized carbons (Fsp3) is 0.381. The number of phenols is 2. The molecule has 0 unspecified atom stereocenters. The largest absolute Gasteiger partial charge is 0.508 e. The average molecular weight is 434 g/mol. The Morgan fingerprint density at radius 1 is 1.00 bits per heavy atom.